The van der Waals surface area contributed by atoms with E-state index in [1.165, 1.54) is 5.56 Å². The highest BCUT2D eigenvalue weighted by molar-refractivity contribution is 9.10. The van der Waals surface area contributed by atoms with Gasteiger partial charge in [0.1, 0.15) is 0 Å². The van der Waals surface area contributed by atoms with Crippen LogP contribution in [0.15, 0.2) is 22.7 Å². The van der Waals surface area contributed by atoms with Gasteiger partial charge in [0, 0.05) is 16.7 Å². The topological polar surface area (TPSA) is 58.3 Å². The minimum absolute atomic E-state index is 0.386. The van der Waals surface area contributed by atoms with Crippen molar-refractivity contribution in [2.24, 2.45) is 5.73 Å². The molecule has 3 nitrogen and oxygen atoms in total. The minimum atomic E-state index is -0.386. The maximum Gasteiger partial charge on any atom is 0.0724 e. The van der Waals surface area contributed by atoms with Crippen molar-refractivity contribution in [2.75, 3.05) is 18.4 Å². The maximum atomic E-state index is 9.50. The highest BCUT2D eigenvalue weighted by Crippen LogP contribution is 2.23. The van der Waals surface area contributed by atoms with Crippen LogP contribution in [0.5, 0.6) is 0 Å². The zero-order valence-electron chi connectivity index (χ0n) is 8.83. The number of nitrogens with one attached hydrogen (secondary N) is 1. The van der Waals surface area contributed by atoms with Crippen molar-refractivity contribution in [1.82, 2.24) is 0 Å². The van der Waals surface area contributed by atoms with E-state index in [9.17, 15) is 5.11 Å². The number of hydrogen-bond donors (Lipinski definition) is 3. The van der Waals surface area contributed by atoms with E-state index in [1.54, 1.807) is 0 Å². The molecule has 0 aromatic heterocycles. The number of rotatable bonds is 5. The van der Waals surface area contributed by atoms with E-state index in [0.717, 1.165) is 10.2 Å². The molecule has 0 aliphatic heterocycles. The molecule has 84 valence electrons. The van der Waals surface area contributed by atoms with Crippen LogP contribution in [-0.2, 0) is 0 Å². The molecule has 0 aliphatic carbocycles. The summed E-state index contributed by atoms with van der Waals surface area (Å²) in [5, 5.41) is 12.7. The van der Waals surface area contributed by atoms with Crippen molar-refractivity contribution in [1.29, 1.82) is 0 Å². The van der Waals surface area contributed by atoms with Crippen LogP contribution < -0.4 is 11.1 Å². The van der Waals surface area contributed by atoms with E-state index in [1.807, 2.05) is 25.1 Å². The van der Waals surface area contributed by atoms with Crippen LogP contribution in [0.25, 0.3) is 0 Å². The summed E-state index contributed by atoms with van der Waals surface area (Å²) in [6.07, 6.45) is 0.236. The largest absolute Gasteiger partial charge is 0.391 e. The average Bonchev–Trinajstić information content (AvgIpc) is 2.17. The molecule has 1 atom stereocenters. The van der Waals surface area contributed by atoms with Crippen LogP contribution in [0.1, 0.15) is 12.0 Å². The van der Waals surface area contributed by atoms with E-state index < -0.39 is 0 Å². The fourth-order valence-corrected chi connectivity index (χ4v) is 1.92. The minimum Gasteiger partial charge on any atom is -0.391 e. The number of anilines is 1. The van der Waals surface area contributed by atoms with Gasteiger partial charge in [0.05, 0.1) is 6.10 Å². The Labute approximate surface area is 98.8 Å². The first-order chi connectivity index (χ1) is 7.13. The summed E-state index contributed by atoms with van der Waals surface area (Å²) in [4.78, 5) is 0. The third-order valence-electron chi connectivity index (χ3n) is 2.15. The molecular formula is C11H17BrN2O. The Hall–Kier alpha value is -0.580. The molecule has 1 aromatic rings. The van der Waals surface area contributed by atoms with Gasteiger partial charge in [0.25, 0.3) is 0 Å². The molecular weight excluding hydrogens is 256 g/mol. The molecule has 1 rings (SSSR count). The SMILES string of the molecule is Cc1ccc(NCC(O)CCN)c(Br)c1. The molecule has 0 heterocycles. The van der Waals surface area contributed by atoms with Gasteiger partial charge in [-0.2, -0.15) is 0 Å². The Kier molecular flexibility index (Phi) is 5.08. The molecule has 15 heavy (non-hydrogen) atoms. The molecule has 0 spiro atoms. The lowest BCUT2D eigenvalue weighted by molar-refractivity contribution is 0.180. The van der Waals surface area contributed by atoms with E-state index in [4.69, 9.17) is 5.73 Å². The van der Waals surface area contributed by atoms with Crippen molar-refractivity contribution < 1.29 is 5.11 Å². The Morgan fingerprint density at radius 2 is 2.27 bits per heavy atom. The second-order valence-corrected chi connectivity index (χ2v) is 4.45. The smallest absolute Gasteiger partial charge is 0.0724 e. The molecule has 4 N–H and O–H groups in total. The van der Waals surface area contributed by atoms with Gasteiger partial charge in [-0.05, 0) is 53.5 Å². The molecule has 0 aliphatic rings. The Balaban J connectivity index is 2.50. The molecule has 0 fully saturated rings. The maximum absolute atomic E-state index is 9.50. The van der Waals surface area contributed by atoms with Gasteiger partial charge in [-0.1, -0.05) is 6.07 Å². The fourth-order valence-electron chi connectivity index (χ4n) is 1.29. The second-order valence-electron chi connectivity index (χ2n) is 3.60. The van der Waals surface area contributed by atoms with Crippen LogP contribution in [-0.4, -0.2) is 24.3 Å². The number of halogens is 1. The van der Waals surface area contributed by atoms with Crippen molar-refractivity contribution >= 4 is 21.6 Å². The van der Waals surface area contributed by atoms with Gasteiger partial charge >= 0.3 is 0 Å². The van der Waals surface area contributed by atoms with Crippen molar-refractivity contribution in [2.45, 2.75) is 19.4 Å². The Bertz CT molecular complexity index is 317. The zero-order valence-corrected chi connectivity index (χ0v) is 10.4. The molecule has 4 heteroatoms. The second kappa shape index (κ2) is 6.10. The molecule has 1 aromatic carbocycles. The van der Waals surface area contributed by atoms with Gasteiger partial charge in [0.2, 0.25) is 0 Å². The summed E-state index contributed by atoms with van der Waals surface area (Å²) in [5.74, 6) is 0. The van der Waals surface area contributed by atoms with Gasteiger partial charge in [-0.15, -0.1) is 0 Å². The predicted molar refractivity (Wildman–Crippen MR) is 67.0 cm³/mol. The van der Waals surface area contributed by atoms with Crippen LogP contribution in [0.2, 0.25) is 0 Å². The number of benzene rings is 1. The lowest BCUT2D eigenvalue weighted by Crippen LogP contribution is -2.22. The summed E-state index contributed by atoms with van der Waals surface area (Å²) in [5.41, 5.74) is 7.55. The summed E-state index contributed by atoms with van der Waals surface area (Å²) in [6, 6.07) is 6.06. The highest BCUT2D eigenvalue weighted by atomic mass is 79.9. The summed E-state index contributed by atoms with van der Waals surface area (Å²) < 4.78 is 1.02. The van der Waals surface area contributed by atoms with Gasteiger partial charge in [-0.25, -0.2) is 0 Å². The number of aliphatic hydroxyl groups is 1. The first kappa shape index (κ1) is 12.5. The normalized spacial score (nSPS) is 12.5. The summed E-state index contributed by atoms with van der Waals surface area (Å²) in [6.45, 7) is 3.08. The number of aliphatic hydroxyl groups excluding tert-OH is 1. The lowest BCUT2D eigenvalue weighted by Gasteiger charge is -2.13. The predicted octanol–water partition coefficient (Wildman–Crippen LogP) is 1.88. The third kappa shape index (κ3) is 4.20. The molecule has 0 amide bonds. The highest BCUT2D eigenvalue weighted by Gasteiger charge is 2.04. The first-order valence-electron chi connectivity index (χ1n) is 5.01. The Morgan fingerprint density at radius 1 is 1.53 bits per heavy atom. The fraction of sp³-hybridized carbons (Fsp3) is 0.455. The van der Waals surface area contributed by atoms with E-state index in [0.29, 0.717) is 19.5 Å². The quantitative estimate of drug-likeness (QED) is 0.767. The van der Waals surface area contributed by atoms with Gasteiger partial charge < -0.3 is 16.2 Å². The van der Waals surface area contributed by atoms with E-state index >= 15 is 0 Å². The van der Waals surface area contributed by atoms with Crippen molar-refractivity contribution in [3.05, 3.63) is 28.2 Å². The molecule has 1 unspecified atom stereocenters. The van der Waals surface area contributed by atoms with Gasteiger partial charge in [-0.3, -0.25) is 0 Å². The zero-order chi connectivity index (χ0) is 11.3. The monoisotopic (exact) mass is 272 g/mol. The van der Waals surface area contributed by atoms with Crippen LogP contribution in [0, 0.1) is 6.92 Å². The summed E-state index contributed by atoms with van der Waals surface area (Å²) >= 11 is 3.47. The van der Waals surface area contributed by atoms with Crippen LogP contribution in [0.4, 0.5) is 5.69 Å². The number of aryl methyl sites for hydroxylation is 1. The molecule has 0 saturated heterocycles. The van der Waals surface area contributed by atoms with Crippen LogP contribution >= 0.6 is 15.9 Å². The van der Waals surface area contributed by atoms with E-state index in [-0.39, 0.29) is 6.10 Å². The third-order valence-corrected chi connectivity index (χ3v) is 2.81. The lowest BCUT2D eigenvalue weighted by atomic mass is 10.2. The van der Waals surface area contributed by atoms with E-state index in [2.05, 4.69) is 21.2 Å². The standard InChI is InChI=1S/C11H17BrN2O/c1-8-2-3-11(10(12)6-8)14-7-9(15)4-5-13/h2-3,6,9,14-15H,4-5,7,13H2,1H3. The Morgan fingerprint density at radius 3 is 2.87 bits per heavy atom. The first-order valence-corrected chi connectivity index (χ1v) is 5.81. The number of nitrogens with two attached hydrogens (primary N) is 1. The molecule has 0 radical (unpaired) electrons. The van der Waals surface area contributed by atoms with Crippen molar-refractivity contribution in [3.63, 3.8) is 0 Å². The molecule has 0 bridgehead atoms. The summed E-state index contributed by atoms with van der Waals surface area (Å²) in [7, 11) is 0. The van der Waals surface area contributed by atoms with Gasteiger partial charge in [0.15, 0.2) is 0 Å². The number of hydrogen-bond acceptors (Lipinski definition) is 3. The van der Waals surface area contributed by atoms with Crippen LogP contribution in [0.3, 0.4) is 0 Å². The molecule has 0 saturated carbocycles. The average molecular weight is 273 g/mol. The van der Waals surface area contributed by atoms with Crippen molar-refractivity contribution in [3.8, 4) is 0 Å².